The molecule has 1 aliphatic rings. The third-order valence-electron chi connectivity index (χ3n) is 8.53. The molecule has 240 valence electrons. The van der Waals surface area contributed by atoms with Crippen molar-refractivity contribution in [2.45, 2.75) is 104 Å². The van der Waals surface area contributed by atoms with Gasteiger partial charge in [-0.15, -0.1) is 0 Å². The van der Waals surface area contributed by atoms with E-state index < -0.39 is 6.10 Å². The molecule has 2 atom stereocenters. The third-order valence-corrected chi connectivity index (χ3v) is 8.53. The summed E-state index contributed by atoms with van der Waals surface area (Å²) in [4.78, 5) is 3.68. The van der Waals surface area contributed by atoms with Gasteiger partial charge in [0.05, 0.1) is 25.0 Å². The Kier molecular flexibility index (Phi) is 13.4. The number of nitrogens with one attached hydrogen (secondary N) is 2. The molecule has 4 rings (SSSR count). The van der Waals surface area contributed by atoms with Gasteiger partial charge in [0.2, 0.25) is 0 Å². The lowest BCUT2D eigenvalue weighted by molar-refractivity contribution is 0.0364. The Morgan fingerprint density at radius 3 is 2.41 bits per heavy atom. The van der Waals surface area contributed by atoms with Gasteiger partial charge >= 0.3 is 0 Å². The molecule has 1 heterocycles. The van der Waals surface area contributed by atoms with Crippen LogP contribution in [0.15, 0.2) is 72.6 Å². The van der Waals surface area contributed by atoms with Crippen molar-refractivity contribution < 1.29 is 14.6 Å². The number of fused-ring (bicyclic) bond motifs is 2. The van der Waals surface area contributed by atoms with Crippen molar-refractivity contribution >= 4 is 16.5 Å². The minimum Gasteiger partial charge on any atom is -0.497 e. The third kappa shape index (κ3) is 10.3. The largest absolute Gasteiger partial charge is 0.497 e. The average molecular weight is 601 g/mol. The van der Waals surface area contributed by atoms with Crippen LogP contribution in [0.5, 0.6) is 0 Å². The predicted octanol–water partition coefficient (Wildman–Crippen LogP) is 9.49. The summed E-state index contributed by atoms with van der Waals surface area (Å²) in [7, 11) is 0. The van der Waals surface area contributed by atoms with E-state index in [4.69, 9.17) is 9.47 Å². The number of aliphatic hydroxyl groups is 1. The summed E-state index contributed by atoms with van der Waals surface area (Å²) in [6, 6.07) is 19.5. The first-order valence-corrected chi connectivity index (χ1v) is 17.0. The molecular weight excluding hydrogens is 544 g/mol. The smallest absolute Gasteiger partial charge is 0.113 e. The highest BCUT2D eigenvalue weighted by Crippen LogP contribution is 2.47. The van der Waals surface area contributed by atoms with E-state index in [1.165, 1.54) is 67.0 Å². The van der Waals surface area contributed by atoms with Crippen LogP contribution in [0.3, 0.4) is 0 Å². The van der Waals surface area contributed by atoms with E-state index in [1.807, 2.05) is 19.2 Å². The molecule has 0 spiro atoms. The number of unbranched alkanes of at least 4 members (excludes halogenated alkanes) is 6. The maximum absolute atomic E-state index is 10.2. The first-order chi connectivity index (χ1) is 21.4. The van der Waals surface area contributed by atoms with Gasteiger partial charge in [-0.3, -0.25) is 0 Å². The van der Waals surface area contributed by atoms with E-state index in [0.29, 0.717) is 25.2 Å². The van der Waals surface area contributed by atoms with Crippen molar-refractivity contribution in [2.75, 3.05) is 26.4 Å². The van der Waals surface area contributed by atoms with Crippen LogP contribution in [0.4, 0.5) is 0 Å². The zero-order valence-corrected chi connectivity index (χ0v) is 27.7. The second-order valence-electron chi connectivity index (χ2n) is 13.6. The van der Waals surface area contributed by atoms with Crippen molar-refractivity contribution in [1.82, 2.24) is 10.3 Å². The standard InChI is InChI=1S/C39H56N2O3/c1-5-24-40-28-31(42)29-43-25-17-21-34-32-19-12-13-20-33(32)37(36-27-30-18-11-14-22-35(30)41-36)38(34)44-26-16-10-8-6-7-9-15-23-39(2,3)4/h5,11-14,18-20,22,24,27,31,34,40-42H,6-10,15-17,21,23,25-26,28-29H2,1-4H3. The molecule has 3 N–H and O–H groups in total. The zero-order chi connectivity index (χ0) is 31.2. The Hall–Kier alpha value is -3.02. The van der Waals surface area contributed by atoms with Gasteiger partial charge in [0, 0.05) is 35.5 Å². The molecule has 0 amide bonds. The normalized spacial score (nSPS) is 15.8. The van der Waals surface area contributed by atoms with Gasteiger partial charge < -0.3 is 24.9 Å². The first kappa shape index (κ1) is 33.9. The average Bonchev–Trinajstić information content (AvgIpc) is 3.56. The number of aliphatic hydroxyl groups excluding tert-OH is 1. The molecule has 0 saturated heterocycles. The molecule has 2 unspecified atom stereocenters. The van der Waals surface area contributed by atoms with Crippen LogP contribution >= 0.6 is 0 Å². The van der Waals surface area contributed by atoms with Gasteiger partial charge in [0.25, 0.3) is 0 Å². The number of ether oxygens (including phenoxy) is 2. The molecule has 44 heavy (non-hydrogen) atoms. The number of aromatic amines is 1. The highest BCUT2D eigenvalue weighted by atomic mass is 16.5. The van der Waals surface area contributed by atoms with E-state index in [2.05, 4.69) is 85.7 Å². The lowest BCUT2D eigenvalue weighted by Crippen LogP contribution is -2.27. The van der Waals surface area contributed by atoms with Crippen molar-refractivity contribution in [1.29, 1.82) is 0 Å². The van der Waals surface area contributed by atoms with E-state index in [-0.39, 0.29) is 5.92 Å². The number of hydrogen-bond donors (Lipinski definition) is 3. The van der Waals surface area contributed by atoms with Crippen molar-refractivity contribution in [3.63, 3.8) is 0 Å². The van der Waals surface area contributed by atoms with Crippen LogP contribution < -0.4 is 5.32 Å². The summed E-state index contributed by atoms with van der Waals surface area (Å²) in [5.41, 5.74) is 6.53. The Labute approximate surface area is 266 Å². The molecule has 0 saturated carbocycles. The Morgan fingerprint density at radius 2 is 1.64 bits per heavy atom. The number of benzene rings is 2. The van der Waals surface area contributed by atoms with Gasteiger partial charge in [0.1, 0.15) is 5.76 Å². The maximum Gasteiger partial charge on any atom is 0.113 e. The number of hydrogen-bond acceptors (Lipinski definition) is 4. The summed E-state index contributed by atoms with van der Waals surface area (Å²) in [6.07, 6.45) is 15.3. The molecular formula is C39H56N2O3. The number of aromatic nitrogens is 1. The van der Waals surface area contributed by atoms with Gasteiger partial charge in [-0.25, -0.2) is 0 Å². The van der Waals surface area contributed by atoms with Crippen LogP contribution in [0.1, 0.15) is 115 Å². The summed E-state index contributed by atoms with van der Waals surface area (Å²) >= 11 is 0. The lowest BCUT2D eigenvalue weighted by Gasteiger charge is -2.19. The molecule has 1 aromatic heterocycles. The molecule has 1 aliphatic carbocycles. The Balaban J connectivity index is 1.37. The van der Waals surface area contributed by atoms with Crippen LogP contribution in [0.2, 0.25) is 0 Å². The second-order valence-corrected chi connectivity index (χ2v) is 13.6. The second kappa shape index (κ2) is 17.5. The monoisotopic (exact) mass is 600 g/mol. The molecule has 0 fully saturated rings. The fraction of sp³-hybridized carbons (Fsp3) is 0.538. The highest BCUT2D eigenvalue weighted by molar-refractivity contribution is 5.92. The molecule has 0 bridgehead atoms. The van der Waals surface area contributed by atoms with Gasteiger partial charge in [0.15, 0.2) is 0 Å². The van der Waals surface area contributed by atoms with Crippen LogP contribution in [-0.2, 0) is 9.47 Å². The molecule has 5 nitrogen and oxygen atoms in total. The summed E-state index contributed by atoms with van der Waals surface area (Å²) in [5.74, 6) is 1.29. The van der Waals surface area contributed by atoms with Crippen molar-refractivity contribution in [2.24, 2.45) is 5.41 Å². The maximum atomic E-state index is 10.2. The summed E-state index contributed by atoms with van der Waals surface area (Å²) in [5, 5.41) is 14.5. The summed E-state index contributed by atoms with van der Waals surface area (Å²) in [6.45, 7) is 11.2. The SMILES string of the molecule is CC=CNCC(O)COCCCC1C(OCCCCCCCCCC(C)(C)C)=C(c2cc3ccccc3[nH]2)c2ccccc21. The lowest BCUT2D eigenvalue weighted by atomic mass is 9.89. The Bertz CT molecular complexity index is 1300. The van der Waals surface area contributed by atoms with Crippen molar-refractivity contribution in [3.8, 4) is 0 Å². The van der Waals surface area contributed by atoms with Gasteiger partial charge in [-0.05, 0) is 67.5 Å². The van der Waals surface area contributed by atoms with E-state index >= 15 is 0 Å². The molecule has 5 heteroatoms. The summed E-state index contributed by atoms with van der Waals surface area (Å²) < 4.78 is 12.6. The Morgan fingerprint density at radius 1 is 0.909 bits per heavy atom. The minimum atomic E-state index is -0.519. The number of para-hydroxylation sites is 1. The number of H-pyrrole nitrogens is 1. The first-order valence-electron chi connectivity index (χ1n) is 17.0. The highest BCUT2D eigenvalue weighted by Gasteiger charge is 2.33. The van der Waals surface area contributed by atoms with E-state index in [9.17, 15) is 5.11 Å². The minimum absolute atomic E-state index is 0.195. The zero-order valence-electron chi connectivity index (χ0n) is 27.7. The topological polar surface area (TPSA) is 66.5 Å². The fourth-order valence-electron chi connectivity index (χ4n) is 6.24. The van der Waals surface area contributed by atoms with Crippen LogP contribution in [0, 0.1) is 5.41 Å². The fourth-order valence-corrected chi connectivity index (χ4v) is 6.24. The quantitative estimate of drug-likeness (QED) is 0.113. The van der Waals surface area contributed by atoms with E-state index in [1.54, 1.807) is 0 Å². The van der Waals surface area contributed by atoms with E-state index in [0.717, 1.165) is 42.8 Å². The van der Waals surface area contributed by atoms with Crippen molar-refractivity contribution in [3.05, 3.63) is 89.5 Å². The molecule has 0 radical (unpaired) electrons. The van der Waals surface area contributed by atoms with Crippen LogP contribution in [0.25, 0.3) is 16.5 Å². The molecule has 2 aromatic carbocycles. The predicted molar refractivity (Wildman–Crippen MR) is 185 cm³/mol. The molecule has 0 aliphatic heterocycles. The number of allylic oxidation sites excluding steroid dienone is 2. The van der Waals surface area contributed by atoms with Gasteiger partial charge in [-0.2, -0.15) is 0 Å². The van der Waals surface area contributed by atoms with Crippen LogP contribution in [-0.4, -0.2) is 42.6 Å². The van der Waals surface area contributed by atoms with Gasteiger partial charge in [-0.1, -0.05) is 108 Å². The number of rotatable bonds is 20. The molecule has 3 aromatic rings.